The van der Waals surface area contributed by atoms with Crippen LogP contribution in [0.2, 0.25) is 0 Å². The first-order chi connectivity index (χ1) is 10.2. The van der Waals surface area contributed by atoms with Crippen LogP contribution in [0.5, 0.6) is 0 Å². The Kier molecular flexibility index (Phi) is 4.51. The van der Waals surface area contributed by atoms with Gasteiger partial charge in [-0.2, -0.15) is 0 Å². The topological polar surface area (TPSA) is 54.0 Å². The van der Waals surface area contributed by atoms with Crippen LogP contribution in [-0.2, 0) is 11.2 Å². The fourth-order valence-corrected chi connectivity index (χ4v) is 3.90. The minimum atomic E-state index is 0.125. The van der Waals surface area contributed by atoms with Crippen molar-refractivity contribution in [3.05, 3.63) is 29.3 Å². The molecule has 2 aromatic rings. The van der Waals surface area contributed by atoms with Crippen LogP contribution in [0, 0.1) is 0 Å². The van der Waals surface area contributed by atoms with Crippen LogP contribution in [0.15, 0.2) is 24.3 Å². The fraction of sp³-hybridized carbons (Fsp3) is 0.500. The number of thiazole rings is 1. The highest BCUT2D eigenvalue weighted by molar-refractivity contribution is 7.18. The number of para-hydroxylation sites is 1. The predicted octanol–water partition coefficient (Wildman–Crippen LogP) is 2.49. The second kappa shape index (κ2) is 6.54. The SMILES string of the molecule is CC(Cc1nc2ccccc2s1)NC(=O)CC1CCCN1. The summed E-state index contributed by atoms with van der Waals surface area (Å²) in [5.41, 5.74) is 1.05. The van der Waals surface area contributed by atoms with Crippen molar-refractivity contribution in [1.82, 2.24) is 15.6 Å². The molecule has 3 rings (SSSR count). The van der Waals surface area contributed by atoms with Crippen LogP contribution in [0.4, 0.5) is 0 Å². The number of nitrogens with zero attached hydrogens (tertiary/aromatic N) is 1. The Morgan fingerprint density at radius 2 is 2.38 bits per heavy atom. The Hall–Kier alpha value is -1.46. The molecule has 1 aliphatic rings. The second-order valence-corrected chi connectivity index (χ2v) is 6.86. The predicted molar refractivity (Wildman–Crippen MR) is 86.6 cm³/mol. The third-order valence-electron chi connectivity index (χ3n) is 3.82. The largest absolute Gasteiger partial charge is 0.353 e. The maximum atomic E-state index is 12.0. The molecule has 21 heavy (non-hydrogen) atoms. The van der Waals surface area contributed by atoms with E-state index in [9.17, 15) is 4.79 Å². The Morgan fingerprint density at radius 1 is 1.52 bits per heavy atom. The van der Waals surface area contributed by atoms with Crippen LogP contribution in [-0.4, -0.2) is 29.5 Å². The summed E-state index contributed by atoms with van der Waals surface area (Å²) >= 11 is 1.71. The van der Waals surface area contributed by atoms with Gasteiger partial charge in [0.05, 0.1) is 15.2 Å². The van der Waals surface area contributed by atoms with Crippen LogP contribution < -0.4 is 10.6 Å². The summed E-state index contributed by atoms with van der Waals surface area (Å²) in [4.78, 5) is 16.6. The van der Waals surface area contributed by atoms with E-state index in [1.54, 1.807) is 11.3 Å². The van der Waals surface area contributed by atoms with Gasteiger partial charge in [-0.3, -0.25) is 4.79 Å². The average Bonchev–Trinajstić information content (AvgIpc) is 3.06. The molecule has 0 radical (unpaired) electrons. The molecule has 1 amide bonds. The van der Waals surface area contributed by atoms with E-state index in [0.717, 1.165) is 29.9 Å². The molecule has 112 valence electrons. The lowest BCUT2D eigenvalue weighted by Crippen LogP contribution is -2.37. The van der Waals surface area contributed by atoms with Gasteiger partial charge in [-0.15, -0.1) is 11.3 Å². The number of amides is 1. The van der Waals surface area contributed by atoms with Crippen LogP contribution >= 0.6 is 11.3 Å². The molecule has 2 N–H and O–H groups in total. The summed E-state index contributed by atoms with van der Waals surface area (Å²) < 4.78 is 1.21. The first-order valence-corrected chi connectivity index (χ1v) is 8.39. The molecule has 4 nitrogen and oxygen atoms in total. The van der Waals surface area contributed by atoms with E-state index in [1.807, 2.05) is 25.1 Å². The Bertz CT molecular complexity index is 586. The molecule has 1 aliphatic heterocycles. The number of carbonyl (C=O) groups is 1. The van der Waals surface area contributed by atoms with Gasteiger partial charge in [0.25, 0.3) is 0 Å². The second-order valence-electron chi connectivity index (χ2n) is 5.75. The number of benzene rings is 1. The number of rotatable bonds is 5. The van der Waals surface area contributed by atoms with Crippen molar-refractivity contribution in [2.75, 3.05) is 6.54 Å². The van der Waals surface area contributed by atoms with E-state index < -0.39 is 0 Å². The Morgan fingerprint density at radius 3 is 3.14 bits per heavy atom. The summed E-state index contributed by atoms with van der Waals surface area (Å²) in [6.45, 7) is 3.09. The zero-order valence-electron chi connectivity index (χ0n) is 12.3. The van der Waals surface area contributed by atoms with E-state index in [0.29, 0.717) is 12.5 Å². The van der Waals surface area contributed by atoms with Crippen molar-refractivity contribution in [2.24, 2.45) is 0 Å². The lowest BCUT2D eigenvalue weighted by molar-refractivity contribution is -0.122. The van der Waals surface area contributed by atoms with Crippen molar-refractivity contribution in [3.8, 4) is 0 Å². The van der Waals surface area contributed by atoms with E-state index in [1.165, 1.54) is 11.1 Å². The quantitative estimate of drug-likeness (QED) is 0.892. The van der Waals surface area contributed by atoms with E-state index in [-0.39, 0.29) is 11.9 Å². The summed E-state index contributed by atoms with van der Waals surface area (Å²) in [7, 11) is 0. The Labute approximate surface area is 129 Å². The molecular formula is C16H21N3OS. The highest BCUT2D eigenvalue weighted by Gasteiger charge is 2.19. The molecule has 0 bridgehead atoms. The van der Waals surface area contributed by atoms with Gasteiger partial charge in [0.15, 0.2) is 0 Å². The lowest BCUT2D eigenvalue weighted by Gasteiger charge is -2.15. The average molecular weight is 303 g/mol. The molecule has 2 unspecified atom stereocenters. The number of nitrogens with one attached hydrogen (secondary N) is 2. The normalized spacial score (nSPS) is 19.8. The van der Waals surface area contributed by atoms with E-state index in [2.05, 4.69) is 21.7 Å². The minimum Gasteiger partial charge on any atom is -0.353 e. The number of aromatic nitrogens is 1. The van der Waals surface area contributed by atoms with Crippen molar-refractivity contribution in [1.29, 1.82) is 0 Å². The van der Waals surface area contributed by atoms with Crippen LogP contribution in [0.25, 0.3) is 10.2 Å². The molecule has 0 spiro atoms. The highest BCUT2D eigenvalue weighted by atomic mass is 32.1. The van der Waals surface area contributed by atoms with Crippen molar-refractivity contribution in [3.63, 3.8) is 0 Å². The lowest BCUT2D eigenvalue weighted by atomic mass is 10.1. The maximum absolute atomic E-state index is 12.0. The third-order valence-corrected chi connectivity index (χ3v) is 4.88. The summed E-state index contributed by atoms with van der Waals surface area (Å²) in [5.74, 6) is 0.142. The van der Waals surface area contributed by atoms with E-state index in [4.69, 9.17) is 0 Å². The molecule has 1 saturated heterocycles. The van der Waals surface area contributed by atoms with E-state index >= 15 is 0 Å². The first kappa shape index (κ1) is 14.5. The van der Waals surface area contributed by atoms with Crippen molar-refractivity contribution >= 4 is 27.5 Å². The molecule has 2 atom stereocenters. The molecule has 1 aromatic heterocycles. The smallest absolute Gasteiger partial charge is 0.221 e. The van der Waals surface area contributed by atoms with Gasteiger partial charge in [-0.1, -0.05) is 12.1 Å². The standard InChI is InChI=1S/C16H21N3OS/c1-11(18-15(20)10-12-5-4-8-17-12)9-16-19-13-6-2-3-7-14(13)21-16/h2-3,6-7,11-12,17H,4-5,8-10H2,1H3,(H,18,20). The molecule has 1 aromatic carbocycles. The first-order valence-electron chi connectivity index (χ1n) is 7.58. The monoisotopic (exact) mass is 303 g/mol. The van der Waals surface area contributed by atoms with Gasteiger partial charge < -0.3 is 10.6 Å². The number of fused-ring (bicyclic) bond motifs is 1. The van der Waals surface area contributed by atoms with Crippen molar-refractivity contribution in [2.45, 2.75) is 44.7 Å². The number of hydrogen-bond donors (Lipinski definition) is 2. The fourth-order valence-electron chi connectivity index (χ4n) is 2.81. The summed E-state index contributed by atoms with van der Waals surface area (Å²) in [5, 5.41) is 7.53. The minimum absolute atomic E-state index is 0.125. The van der Waals surface area contributed by atoms with Crippen LogP contribution in [0.1, 0.15) is 31.2 Å². The molecular weight excluding hydrogens is 282 g/mol. The molecule has 0 saturated carbocycles. The van der Waals surface area contributed by atoms with Gasteiger partial charge in [0, 0.05) is 24.9 Å². The number of carbonyl (C=O) groups excluding carboxylic acids is 1. The van der Waals surface area contributed by atoms with Crippen LogP contribution in [0.3, 0.4) is 0 Å². The van der Waals surface area contributed by atoms with Gasteiger partial charge >= 0.3 is 0 Å². The molecule has 1 fully saturated rings. The van der Waals surface area contributed by atoms with Gasteiger partial charge in [-0.05, 0) is 38.4 Å². The third kappa shape index (κ3) is 3.80. The zero-order valence-corrected chi connectivity index (χ0v) is 13.1. The van der Waals surface area contributed by atoms with Gasteiger partial charge in [0.2, 0.25) is 5.91 Å². The summed E-state index contributed by atoms with van der Waals surface area (Å²) in [6.07, 6.45) is 3.67. The maximum Gasteiger partial charge on any atom is 0.221 e. The van der Waals surface area contributed by atoms with Crippen molar-refractivity contribution < 1.29 is 4.79 Å². The molecule has 0 aliphatic carbocycles. The molecule has 5 heteroatoms. The zero-order chi connectivity index (χ0) is 14.7. The van der Waals surface area contributed by atoms with Gasteiger partial charge in [0.1, 0.15) is 0 Å². The Balaban J connectivity index is 1.53. The number of hydrogen-bond acceptors (Lipinski definition) is 4. The highest BCUT2D eigenvalue weighted by Crippen LogP contribution is 2.22. The summed E-state index contributed by atoms with van der Waals surface area (Å²) in [6, 6.07) is 8.64. The molecule has 2 heterocycles. The van der Waals surface area contributed by atoms with Gasteiger partial charge in [-0.25, -0.2) is 4.98 Å².